The third-order valence-electron chi connectivity index (χ3n) is 1.36. The Kier molecular flexibility index (Phi) is 14.3. The van der Waals surface area contributed by atoms with Crippen LogP contribution in [0.1, 0.15) is 0 Å². The molecule has 0 aromatic heterocycles. The molecule has 0 spiro atoms. The fraction of sp³-hybridized carbons (Fsp3) is 0.250. The van der Waals surface area contributed by atoms with Crippen molar-refractivity contribution >= 4 is 63.1 Å². The van der Waals surface area contributed by atoms with Crippen LogP contribution < -0.4 is 13.1 Å². The molecule has 0 amide bonds. The van der Waals surface area contributed by atoms with Crippen molar-refractivity contribution in [3.63, 3.8) is 0 Å². The molecule has 1 radical (unpaired) electrons. The van der Waals surface area contributed by atoms with Crippen LogP contribution in [0.25, 0.3) is 0 Å². The second kappa shape index (κ2) is 10.0. The number of benzene rings is 1. The van der Waals surface area contributed by atoms with Crippen molar-refractivity contribution < 1.29 is 9.47 Å². The first-order chi connectivity index (χ1) is 5.27. The molecule has 14 heavy (non-hydrogen) atoms. The molecule has 6 heteroatoms. The Morgan fingerprint density at radius 3 is 1.86 bits per heavy atom. The smallest absolute Gasteiger partial charge is 0.147 e. The Bertz CT molecular complexity index is 258. The van der Waals surface area contributed by atoms with Gasteiger partial charge in [0, 0.05) is 0 Å². The second-order valence-electron chi connectivity index (χ2n) is 2.02. The van der Waals surface area contributed by atoms with Crippen molar-refractivity contribution in [3.05, 3.63) is 18.2 Å². The zero-order valence-electron chi connectivity index (χ0n) is 7.68. The van der Waals surface area contributed by atoms with E-state index in [9.17, 15) is 0 Å². The van der Waals surface area contributed by atoms with Gasteiger partial charge in [0.2, 0.25) is 0 Å². The molecule has 1 aromatic carbocycles. The van der Waals surface area contributed by atoms with Gasteiger partial charge in [0.1, 0.15) is 0 Å². The summed E-state index contributed by atoms with van der Waals surface area (Å²) in [5, 5.41) is 0. The van der Waals surface area contributed by atoms with E-state index in [2.05, 4.69) is 0 Å². The zero-order valence-corrected chi connectivity index (χ0v) is 12.5. The first kappa shape index (κ1) is 20.0. The molecule has 1 rings (SSSR count). The van der Waals surface area contributed by atoms with E-state index in [0.717, 1.165) is 11.5 Å². The van der Waals surface area contributed by atoms with E-state index in [1.54, 1.807) is 14.2 Å². The average Bonchev–Trinajstić information content (AvgIpc) is 2.04. The molecule has 0 unspecified atom stereocenters. The SMILES string of the molecule is COc1ccc([Te])cc1OC.Cl.Cl.Cl. The molecule has 0 saturated heterocycles. The molecule has 0 aliphatic rings. The van der Waals surface area contributed by atoms with Crippen molar-refractivity contribution in [3.8, 4) is 11.5 Å². The van der Waals surface area contributed by atoms with Crippen molar-refractivity contribution in [2.45, 2.75) is 0 Å². The first-order valence-electron chi connectivity index (χ1n) is 3.17. The summed E-state index contributed by atoms with van der Waals surface area (Å²) in [6.07, 6.45) is 0. The van der Waals surface area contributed by atoms with E-state index in [1.807, 2.05) is 40.5 Å². The van der Waals surface area contributed by atoms with E-state index in [0.29, 0.717) is 0 Å². The van der Waals surface area contributed by atoms with Crippen LogP contribution in [0.3, 0.4) is 0 Å². The van der Waals surface area contributed by atoms with Crippen LogP contribution in [0.5, 0.6) is 11.5 Å². The Balaban J connectivity index is -0.000000403. The fourth-order valence-corrected chi connectivity index (χ4v) is 1.32. The number of methoxy groups -OCH3 is 2. The number of ether oxygens (including phenoxy) is 2. The molecule has 2 nitrogen and oxygen atoms in total. The summed E-state index contributed by atoms with van der Waals surface area (Å²) in [5.74, 6) is 1.56. The molecule has 0 heterocycles. The summed E-state index contributed by atoms with van der Waals surface area (Å²) in [6.45, 7) is 0. The van der Waals surface area contributed by atoms with Crippen molar-refractivity contribution in [1.82, 2.24) is 0 Å². The molecule has 0 N–H and O–H groups in total. The van der Waals surface area contributed by atoms with Gasteiger partial charge in [0.15, 0.2) is 0 Å². The summed E-state index contributed by atoms with van der Waals surface area (Å²) >= 11 is 1.95. The van der Waals surface area contributed by atoms with Gasteiger partial charge in [0.05, 0.1) is 0 Å². The minimum atomic E-state index is 0. The van der Waals surface area contributed by atoms with E-state index in [-0.39, 0.29) is 37.2 Å². The Labute approximate surface area is 116 Å². The molecule has 1 aromatic rings. The molecule has 83 valence electrons. The van der Waals surface area contributed by atoms with E-state index < -0.39 is 0 Å². The molecule has 0 fully saturated rings. The molecular weight excluding hydrogens is 362 g/mol. The van der Waals surface area contributed by atoms with Crippen LogP contribution in [0.2, 0.25) is 0 Å². The maximum absolute atomic E-state index is 5.09. The van der Waals surface area contributed by atoms with E-state index in [4.69, 9.17) is 9.47 Å². The monoisotopic (exact) mass is 375 g/mol. The van der Waals surface area contributed by atoms with Crippen molar-refractivity contribution in [1.29, 1.82) is 0 Å². The zero-order chi connectivity index (χ0) is 8.27. The molecule has 0 bridgehead atoms. The van der Waals surface area contributed by atoms with Crippen molar-refractivity contribution in [2.75, 3.05) is 14.2 Å². The maximum atomic E-state index is 5.09. The Morgan fingerprint density at radius 1 is 0.929 bits per heavy atom. The van der Waals surface area contributed by atoms with E-state index >= 15 is 0 Å². The quantitative estimate of drug-likeness (QED) is 0.735. The van der Waals surface area contributed by atoms with Gasteiger partial charge in [0.25, 0.3) is 0 Å². The summed E-state index contributed by atoms with van der Waals surface area (Å²) in [6, 6.07) is 5.84. The van der Waals surface area contributed by atoms with Crippen LogP contribution in [-0.2, 0) is 0 Å². The van der Waals surface area contributed by atoms with Crippen molar-refractivity contribution in [2.24, 2.45) is 0 Å². The van der Waals surface area contributed by atoms with Gasteiger partial charge in [-0.05, 0) is 0 Å². The number of hydrogen-bond acceptors (Lipinski definition) is 2. The Morgan fingerprint density at radius 2 is 1.43 bits per heavy atom. The van der Waals surface area contributed by atoms with Gasteiger partial charge in [-0.25, -0.2) is 0 Å². The van der Waals surface area contributed by atoms with Gasteiger partial charge in [-0.1, -0.05) is 0 Å². The fourth-order valence-electron chi connectivity index (χ4n) is 0.817. The topological polar surface area (TPSA) is 18.5 Å². The first-order valence-corrected chi connectivity index (χ1v) is 4.33. The summed E-state index contributed by atoms with van der Waals surface area (Å²) in [4.78, 5) is 0. The molecule has 0 atom stereocenters. The second-order valence-corrected chi connectivity index (χ2v) is 3.36. The molecular formula is C8H12Cl3O2Te. The number of hydrogen-bond donors (Lipinski definition) is 0. The normalized spacial score (nSPS) is 7.29. The van der Waals surface area contributed by atoms with Gasteiger partial charge >= 0.3 is 79.3 Å². The predicted octanol–water partition coefficient (Wildman–Crippen LogP) is 1.76. The number of rotatable bonds is 2. The summed E-state index contributed by atoms with van der Waals surface area (Å²) < 4.78 is 11.3. The minimum Gasteiger partial charge on any atom is -0.147 e. The summed E-state index contributed by atoms with van der Waals surface area (Å²) in [7, 11) is 3.27. The predicted molar refractivity (Wildman–Crippen MR) is 66.7 cm³/mol. The molecule has 0 aliphatic heterocycles. The largest absolute Gasteiger partial charge is 0.147 e. The third-order valence-corrected chi connectivity index (χ3v) is 2.08. The third kappa shape index (κ3) is 5.38. The average molecular weight is 374 g/mol. The molecule has 0 saturated carbocycles. The van der Waals surface area contributed by atoms with Gasteiger partial charge in [-0.15, -0.1) is 37.2 Å². The number of halogens is 3. The van der Waals surface area contributed by atoms with Gasteiger partial charge < -0.3 is 0 Å². The van der Waals surface area contributed by atoms with E-state index in [1.165, 1.54) is 3.61 Å². The Hall–Kier alpha value is 0.480. The van der Waals surface area contributed by atoms with Crippen LogP contribution in [0.4, 0.5) is 0 Å². The van der Waals surface area contributed by atoms with Gasteiger partial charge in [-0.3, -0.25) is 0 Å². The van der Waals surface area contributed by atoms with Crippen LogP contribution in [0, 0.1) is 0 Å². The van der Waals surface area contributed by atoms with Gasteiger partial charge in [-0.2, -0.15) is 0 Å². The van der Waals surface area contributed by atoms with Crippen LogP contribution in [-0.4, -0.2) is 36.5 Å². The molecule has 0 aliphatic carbocycles. The minimum absolute atomic E-state index is 0. The van der Waals surface area contributed by atoms with Crippen LogP contribution >= 0.6 is 37.2 Å². The van der Waals surface area contributed by atoms with Crippen LogP contribution in [0.15, 0.2) is 18.2 Å². The maximum Gasteiger partial charge on any atom is -0.147 e. The summed E-state index contributed by atoms with van der Waals surface area (Å²) in [5.41, 5.74) is 0. The standard InChI is InChI=1S/C8H9O2Te.3ClH/c1-9-7-4-3-6(11)5-8(7)10-2;;;/h3-5H,1-2H3;3*1H.